The first kappa shape index (κ1) is 29.1. The summed E-state index contributed by atoms with van der Waals surface area (Å²) in [5.41, 5.74) is 2.43. The van der Waals surface area contributed by atoms with Crippen LogP contribution >= 0.6 is 11.6 Å². The maximum absolute atomic E-state index is 14.5. The highest BCUT2D eigenvalue weighted by molar-refractivity contribution is 6.36. The second-order valence-electron chi connectivity index (χ2n) is 12.6. The van der Waals surface area contributed by atoms with Crippen molar-refractivity contribution >= 4 is 39.8 Å². The van der Waals surface area contributed by atoms with E-state index in [0.717, 1.165) is 59.3 Å². The smallest absolute Gasteiger partial charge is 0.318 e. The molecule has 0 radical (unpaired) electrons. The number of phenolic OH excluding ortho intramolecular Hbond substituents is 1. The lowest BCUT2D eigenvalue weighted by molar-refractivity contribution is -0.125. The lowest BCUT2D eigenvalue weighted by atomic mass is 9.95. The van der Waals surface area contributed by atoms with Gasteiger partial charge >= 0.3 is 6.01 Å². The fourth-order valence-electron chi connectivity index (χ4n) is 7.75. The molecule has 0 saturated carbocycles. The van der Waals surface area contributed by atoms with Gasteiger partial charge in [-0.2, -0.15) is 9.97 Å². The summed E-state index contributed by atoms with van der Waals surface area (Å²) in [5.74, 6) is 0.915. The first-order valence-electron chi connectivity index (χ1n) is 15.5. The standard InChI is InChI=1S/C33H38ClFN6O3/c1-3-29(43)40-12-8-23(18-40)38(2)31-25-9-13-39(28-15-24(42)14-21-6-4-7-26(34)30(21)28)19-27(25)36-32(37-31)44-20-33-10-5-11-41(33)17-22(35)16-33/h3-4,6-7,14-15,22-23,42H,1,5,8-13,16-20H2,2H3/t22-,23-,33+/m1/s1. The van der Waals surface area contributed by atoms with Gasteiger partial charge in [-0.05, 0) is 55.8 Å². The van der Waals surface area contributed by atoms with Gasteiger partial charge in [0, 0.05) is 62.7 Å². The molecule has 3 fully saturated rings. The van der Waals surface area contributed by atoms with E-state index in [9.17, 15) is 14.3 Å². The highest BCUT2D eigenvalue weighted by atomic mass is 35.5. The van der Waals surface area contributed by atoms with E-state index in [4.69, 9.17) is 26.3 Å². The van der Waals surface area contributed by atoms with Crippen LogP contribution in [0.4, 0.5) is 15.9 Å². The molecule has 3 aromatic rings. The number of ether oxygens (including phenoxy) is 1. The zero-order valence-electron chi connectivity index (χ0n) is 25.0. The van der Waals surface area contributed by atoms with Gasteiger partial charge in [-0.3, -0.25) is 9.69 Å². The number of aromatic hydroxyl groups is 1. The number of amides is 1. The molecule has 232 valence electrons. The van der Waals surface area contributed by atoms with E-state index in [2.05, 4.69) is 21.3 Å². The molecule has 0 unspecified atom stereocenters. The number of carbonyl (C=O) groups excluding carboxylic acids is 1. The Morgan fingerprint density at radius 3 is 2.98 bits per heavy atom. The van der Waals surface area contributed by atoms with Crippen LogP contribution in [0, 0.1) is 0 Å². The van der Waals surface area contributed by atoms with Crippen LogP contribution in [-0.2, 0) is 17.8 Å². The Morgan fingerprint density at radius 1 is 1.27 bits per heavy atom. The average molecular weight is 621 g/mol. The summed E-state index contributed by atoms with van der Waals surface area (Å²) in [4.78, 5) is 30.6. The number of alkyl halides is 1. The van der Waals surface area contributed by atoms with Gasteiger partial charge in [0.25, 0.3) is 0 Å². The topological polar surface area (TPSA) is 85.3 Å². The number of hydrogen-bond donors (Lipinski definition) is 1. The number of aromatic nitrogens is 2. The fourth-order valence-corrected chi connectivity index (χ4v) is 8.03. The quantitative estimate of drug-likeness (QED) is 0.380. The predicted octanol–water partition coefficient (Wildman–Crippen LogP) is 4.73. The zero-order valence-corrected chi connectivity index (χ0v) is 25.8. The van der Waals surface area contributed by atoms with Crippen molar-refractivity contribution in [1.29, 1.82) is 0 Å². The Kier molecular flexibility index (Phi) is 7.53. The van der Waals surface area contributed by atoms with Gasteiger partial charge < -0.3 is 24.5 Å². The minimum atomic E-state index is -0.842. The molecule has 44 heavy (non-hydrogen) atoms. The Balaban J connectivity index is 1.23. The number of nitrogens with zero attached hydrogens (tertiary/aromatic N) is 6. The van der Waals surface area contributed by atoms with Crippen molar-refractivity contribution in [3.63, 3.8) is 0 Å². The van der Waals surface area contributed by atoms with Gasteiger partial charge in [0.1, 0.15) is 24.3 Å². The summed E-state index contributed by atoms with van der Waals surface area (Å²) in [6.07, 6.45) is 4.43. The first-order chi connectivity index (χ1) is 21.2. The third-order valence-electron chi connectivity index (χ3n) is 10.0. The van der Waals surface area contributed by atoms with Crippen LogP contribution in [0.5, 0.6) is 11.8 Å². The molecule has 3 saturated heterocycles. The van der Waals surface area contributed by atoms with E-state index in [1.54, 1.807) is 12.1 Å². The van der Waals surface area contributed by atoms with Gasteiger partial charge in [0.05, 0.1) is 28.5 Å². The number of phenols is 1. The average Bonchev–Trinajstić information content (AvgIpc) is 3.73. The molecule has 4 aliphatic heterocycles. The molecule has 2 aromatic carbocycles. The molecule has 3 atom stereocenters. The third-order valence-corrected chi connectivity index (χ3v) is 10.3. The molecule has 9 nitrogen and oxygen atoms in total. The van der Waals surface area contributed by atoms with Crippen LogP contribution in [-0.4, -0.2) is 94.9 Å². The number of anilines is 2. The Labute approximate surface area is 261 Å². The van der Waals surface area contributed by atoms with Crippen molar-refractivity contribution < 1.29 is 19.0 Å². The van der Waals surface area contributed by atoms with E-state index in [0.29, 0.717) is 57.2 Å². The third kappa shape index (κ3) is 5.11. The van der Waals surface area contributed by atoms with Crippen LogP contribution in [0.15, 0.2) is 43.0 Å². The van der Waals surface area contributed by atoms with E-state index < -0.39 is 6.17 Å². The van der Waals surface area contributed by atoms with Gasteiger partial charge in [0.15, 0.2) is 0 Å². The van der Waals surface area contributed by atoms with Gasteiger partial charge in [0.2, 0.25) is 5.91 Å². The van der Waals surface area contributed by atoms with Crippen LogP contribution in [0.2, 0.25) is 5.02 Å². The number of likely N-dealkylation sites (N-methyl/N-ethyl adjacent to an activating group) is 1. The molecule has 1 amide bonds. The summed E-state index contributed by atoms with van der Waals surface area (Å²) in [6.45, 7) is 7.76. The molecule has 1 N–H and O–H groups in total. The normalized spacial score (nSPS) is 24.9. The molecule has 0 spiro atoms. The number of fused-ring (bicyclic) bond motifs is 3. The number of likely N-dealkylation sites (tertiary alicyclic amines) is 1. The van der Waals surface area contributed by atoms with Crippen LogP contribution in [0.3, 0.4) is 0 Å². The van der Waals surface area contributed by atoms with Crippen molar-refractivity contribution in [2.24, 2.45) is 0 Å². The second kappa shape index (κ2) is 11.4. The largest absolute Gasteiger partial charge is 0.508 e. The molecule has 1 aromatic heterocycles. The molecule has 4 aliphatic rings. The van der Waals surface area contributed by atoms with Gasteiger partial charge in [-0.1, -0.05) is 30.3 Å². The predicted molar refractivity (Wildman–Crippen MR) is 170 cm³/mol. The van der Waals surface area contributed by atoms with E-state index in [1.165, 1.54) is 6.08 Å². The van der Waals surface area contributed by atoms with E-state index in [-0.39, 0.29) is 29.2 Å². The minimum Gasteiger partial charge on any atom is -0.508 e. The second-order valence-corrected chi connectivity index (χ2v) is 13.0. The number of hydrogen-bond acceptors (Lipinski definition) is 8. The number of carbonyl (C=O) groups is 1. The molecule has 11 heteroatoms. The highest BCUT2D eigenvalue weighted by Crippen LogP contribution is 2.42. The summed E-state index contributed by atoms with van der Waals surface area (Å²) in [5, 5.41) is 12.9. The zero-order chi connectivity index (χ0) is 30.6. The van der Waals surface area contributed by atoms with Crippen LogP contribution < -0.4 is 14.5 Å². The number of benzene rings is 2. The van der Waals surface area contributed by atoms with Crippen molar-refractivity contribution in [2.75, 3.05) is 56.2 Å². The Hall–Kier alpha value is -3.63. The van der Waals surface area contributed by atoms with Crippen LogP contribution in [0.25, 0.3) is 10.8 Å². The van der Waals surface area contributed by atoms with Crippen molar-refractivity contribution in [3.8, 4) is 11.8 Å². The molecule has 0 aliphatic carbocycles. The maximum atomic E-state index is 14.5. The first-order valence-corrected chi connectivity index (χ1v) is 15.8. The molecule has 5 heterocycles. The Bertz CT molecular complexity index is 1620. The molecule has 0 bridgehead atoms. The van der Waals surface area contributed by atoms with Gasteiger partial charge in [-0.15, -0.1) is 0 Å². The lowest BCUT2D eigenvalue weighted by Crippen LogP contribution is -2.44. The van der Waals surface area contributed by atoms with Crippen molar-refractivity contribution in [1.82, 2.24) is 19.8 Å². The van der Waals surface area contributed by atoms with Crippen LogP contribution in [0.1, 0.15) is 36.9 Å². The lowest BCUT2D eigenvalue weighted by Gasteiger charge is -2.35. The van der Waals surface area contributed by atoms with Gasteiger partial charge in [-0.25, -0.2) is 4.39 Å². The highest BCUT2D eigenvalue weighted by Gasteiger charge is 2.49. The van der Waals surface area contributed by atoms with Crippen molar-refractivity contribution in [3.05, 3.63) is 59.3 Å². The molecular formula is C33H38ClFN6O3. The number of rotatable bonds is 7. The summed E-state index contributed by atoms with van der Waals surface area (Å²) < 4.78 is 20.8. The molecule has 7 rings (SSSR count). The Morgan fingerprint density at radius 2 is 2.14 bits per heavy atom. The summed E-state index contributed by atoms with van der Waals surface area (Å²) in [6, 6.07) is 9.55. The molecular weight excluding hydrogens is 583 g/mol. The van der Waals surface area contributed by atoms with Crippen molar-refractivity contribution in [2.45, 2.75) is 56.4 Å². The monoisotopic (exact) mass is 620 g/mol. The van der Waals surface area contributed by atoms with E-state index >= 15 is 0 Å². The fraction of sp³-hybridized carbons (Fsp3) is 0.485. The maximum Gasteiger partial charge on any atom is 0.318 e. The summed E-state index contributed by atoms with van der Waals surface area (Å²) in [7, 11) is 2.02. The summed E-state index contributed by atoms with van der Waals surface area (Å²) >= 11 is 6.68. The van der Waals surface area contributed by atoms with E-state index in [1.807, 2.05) is 30.1 Å². The number of halogens is 2. The minimum absolute atomic E-state index is 0.0645. The SMILES string of the molecule is C=CC(=O)N1CC[C@@H](N(C)c2nc(OC[C@@]34CCCN3C[C@H](F)C4)nc3c2CCN(c2cc(O)cc4cccc(Cl)c24)C3)C1.